The van der Waals surface area contributed by atoms with E-state index in [1.807, 2.05) is 0 Å². The molecule has 0 spiro atoms. The fourth-order valence-electron chi connectivity index (χ4n) is 1.29. The molecule has 14 heavy (non-hydrogen) atoms. The molecule has 0 N–H and O–H groups in total. The summed E-state index contributed by atoms with van der Waals surface area (Å²) in [5, 5.41) is 2.09. The largest absolute Gasteiger partial charge is 0.228 e. The van der Waals surface area contributed by atoms with Crippen LogP contribution in [-0.4, -0.2) is 4.98 Å². The van der Waals surface area contributed by atoms with Gasteiger partial charge >= 0.3 is 0 Å². The molecule has 0 atom stereocenters. The van der Waals surface area contributed by atoms with Crippen LogP contribution < -0.4 is 0 Å². The molecule has 0 fully saturated rings. The standard InChI is InChI=1S/C10H10BrNS2/c1-6(2)9-8(12-10(11)14-9)7-4-3-5-13-7/h3-6H,1-2H3. The SMILES string of the molecule is CC(C)c1sc(Br)nc1-c1cccs1. The van der Waals surface area contributed by atoms with E-state index in [4.69, 9.17) is 0 Å². The van der Waals surface area contributed by atoms with E-state index >= 15 is 0 Å². The fourth-order valence-corrected chi connectivity index (χ4v) is 3.59. The highest BCUT2D eigenvalue weighted by atomic mass is 79.9. The van der Waals surface area contributed by atoms with Crippen molar-refractivity contribution in [2.24, 2.45) is 0 Å². The average molecular weight is 288 g/mol. The summed E-state index contributed by atoms with van der Waals surface area (Å²) < 4.78 is 0.976. The quantitative estimate of drug-likeness (QED) is 0.776. The van der Waals surface area contributed by atoms with Gasteiger partial charge in [-0.05, 0) is 33.3 Å². The van der Waals surface area contributed by atoms with Crippen LogP contribution >= 0.6 is 38.6 Å². The molecule has 2 heterocycles. The molecule has 74 valence electrons. The van der Waals surface area contributed by atoms with Crippen LogP contribution in [-0.2, 0) is 0 Å². The number of hydrogen-bond acceptors (Lipinski definition) is 3. The lowest BCUT2D eigenvalue weighted by atomic mass is 10.1. The number of thiazole rings is 1. The lowest BCUT2D eigenvalue weighted by Gasteiger charge is -2.02. The minimum atomic E-state index is 0.538. The highest BCUT2D eigenvalue weighted by Gasteiger charge is 2.14. The van der Waals surface area contributed by atoms with Gasteiger partial charge in [0.05, 0.1) is 10.6 Å². The molecule has 0 radical (unpaired) electrons. The van der Waals surface area contributed by atoms with Crippen LogP contribution in [0.5, 0.6) is 0 Å². The number of thiophene rings is 1. The molecular weight excluding hydrogens is 278 g/mol. The summed E-state index contributed by atoms with van der Waals surface area (Å²) in [6, 6.07) is 4.19. The average Bonchev–Trinajstić information content (AvgIpc) is 2.70. The van der Waals surface area contributed by atoms with E-state index in [1.54, 1.807) is 22.7 Å². The van der Waals surface area contributed by atoms with Gasteiger partial charge in [0.2, 0.25) is 0 Å². The van der Waals surface area contributed by atoms with E-state index in [0.29, 0.717) is 5.92 Å². The predicted octanol–water partition coefficient (Wildman–Crippen LogP) is 4.76. The summed E-state index contributed by atoms with van der Waals surface area (Å²) >= 11 is 6.93. The molecule has 0 aliphatic rings. The van der Waals surface area contributed by atoms with E-state index in [-0.39, 0.29) is 0 Å². The maximum absolute atomic E-state index is 4.52. The molecule has 0 bridgehead atoms. The van der Waals surface area contributed by atoms with E-state index in [0.717, 1.165) is 9.61 Å². The molecule has 0 amide bonds. The van der Waals surface area contributed by atoms with Crippen LogP contribution in [0.1, 0.15) is 24.6 Å². The molecule has 2 aromatic heterocycles. The second kappa shape index (κ2) is 4.13. The van der Waals surface area contributed by atoms with Gasteiger partial charge in [-0.25, -0.2) is 4.98 Å². The first-order chi connectivity index (χ1) is 6.68. The molecule has 0 aliphatic heterocycles. The van der Waals surface area contributed by atoms with Gasteiger partial charge < -0.3 is 0 Å². The van der Waals surface area contributed by atoms with E-state index in [9.17, 15) is 0 Å². The van der Waals surface area contributed by atoms with Crippen LogP contribution in [0, 0.1) is 0 Å². The van der Waals surface area contributed by atoms with Crippen LogP contribution in [0.2, 0.25) is 0 Å². The highest BCUT2D eigenvalue weighted by Crippen LogP contribution is 2.37. The molecule has 4 heteroatoms. The van der Waals surface area contributed by atoms with Gasteiger partial charge in [0.15, 0.2) is 3.92 Å². The molecule has 0 saturated carbocycles. The molecular formula is C10H10BrNS2. The second-order valence-corrected chi connectivity index (χ2v) is 6.57. The lowest BCUT2D eigenvalue weighted by molar-refractivity contribution is 0.888. The van der Waals surface area contributed by atoms with Gasteiger partial charge in [-0.2, -0.15) is 0 Å². The van der Waals surface area contributed by atoms with Crippen molar-refractivity contribution < 1.29 is 0 Å². The Kier molecular flexibility index (Phi) is 3.04. The summed E-state index contributed by atoms with van der Waals surface area (Å²) in [4.78, 5) is 7.14. The Labute approximate surface area is 100.0 Å². The van der Waals surface area contributed by atoms with Crippen molar-refractivity contribution in [2.75, 3.05) is 0 Å². The van der Waals surface area contributed by atoms with Gasteiger partial charge in [-0.1, -0.05) is 19.9 Å². The fraction of sp³-hybridized carbons (Fsp3) is 0.300. The highest BCUT2D eigenvalue weighted by molar-refractivity contribution is 9.11. The van der Waals surface area contributed by atoms with Crippen molar-refractivity contribution in [1.82, 2.24) is 4.98 Å². The summed E-state index contributed by atoms with van der Waals surface area (Å²) in [6.07, 6.45) is 0. The number of rotatable bonds is 2. The Morgan fingerprint density at radius 1 is 1.43 bits per heavy atom. The Hall–Kier alpha value is -0.190. The minimum Gasteiger partial charge on any atom is -0.228 e. The number of hydrogen-bond donors (Lipinski definition) is 0. The first kappa shape index (κ1) is 10.3. The summed E-state index contributed by atoms with van der Waals surface area (Å²) in [7, 11) is 0. The molecule has 1 nitrogen and oxygen atoms in total. The summed E-state index contributed by atoms with van der Waals surface area (Å²) in [5.41, 5.74) is 1.15. The minimum absolute atomic E-state index is 0.538. The zero-order valence-corrected chi connectivity index (χ0v) is 11.2. The Bertz CT molecular complexity index is 417. The number of nitrogens with zero attached hydrogens (tertiary/aromatic N) is 1. The van der Waals surface area contributed by atoms with Crippen molar-refractivity contribution in [2.45, 2.75) is 19.8 Å². The number of aromatic nitrogens is 1. The third kappa shape index (κ3) is 1.92. The van der Waals surface area contributed by atoms with Crippen molar-refractivity contribution in [3.8, 4) is 10.6 Å². The Morgan fingerprint density at radius 3 is 2.79 bits per heavy atom. The van der Waals surface area contributed by atoms with Gasteiger partial charge in [-0.15, -0.1) is 22.7 Å². The van der Waals surface area contributed by atoms with Gasteiger partial charge in [0.25, 0.3) is 0 Å². The number of halogens is 1. The zero-order valence-electron chi connectivity index (χ0n) is 7.95. The van der Waals surface area contributed by atoms with E-state index in [1.165, 1.54) is 9.75 Å². The monoisotopic (exact) mass is 287 g/mol. The topological polar surface area (TPSA) is 12.9 Å². The molecule has 0 saturated heterocycles. The molecule has 0 aliphatic carbocycles. The maximum atomic E-state index is 4.52. The van der Waals surface area contributed by atoms with Gasteiger partial charge in [0, 0.05) is 4.88 Å². The predicted molar refractivity (Wildman–Crippen MR) is 67.2 cm³/mol. The van der Waals surface area contributed by atoms with Crippen LogP contribution in [0.25, 0.3) is 10.6 Å². The van der Waals surface area contributed by atoms with Crippen molar-refractivity contribution in [3.63, 3.8) is 0 Å². The van der Waals surface area contributed by atoms with E-state index in [2.05, 4.69) is 52.3 Å². The summed E-state index contributed by atoms with van der Waals surface area (Å²) in [5.74, 6) is 0.538. The second-order valence-electron chi connectivity index (χ2n) is 3.31. The van der Waals surface area contributed by atoms with Crippen LogP contribution in [0.3, 0.4) is 0 Å². The van der Waals surface area contributed by atoms with Crippen LogP contribution in [0.15, 0.2) is 21.4 Å². The Balaban J connectivity index is 2.52. The summed E-state index contributed by atoms with van der Waals surface area (Å²) in [6.45, 7) is 4.41. The van der Waals surface area contributed by atoms with E-state index < -0.39 is 0 Å². The zero-order chi connectivity index (χ0) is 10.1. The molecule has 0 aromatic carbocycles. The third-order valence-corrected chi connectivity index (χ3v) is 4.59. The smallest absolute Gasteiger partial charge is 0.160 e. The first-order valence-corrected chi connectivity index (χ1v) is 6.87. The maximum Gasteiger partial charge on any atom is 0.160 e. The first-order valence-electron chi connectivity index (χ1n) is 4.38. The van der Waals surface area contributed by atoms with Crippen molar-refractivity contribution in [1.29, 1.82) is 0 Å². The molecule has 2 rings (SSSR count). The lowest BCUT2D eigenvalue weighted by Crippen LogP contribution is -1.85. The van der Waals surface area contributed by atoms with Crippen LogP contribution in [0.4, 0.5) is 0 Å². The molecule has 0 unspecified atom stereocenters. The normalized spacial score (nSPS) is 11.1. The third-order valence-electron chi connectivity index (χ3n) is 1.91. The molecule has 2 aromatic rings. The Morgan fingerprint density at radius 2 is 2.21 bits per heavy atom. The van der Waals surface area contributed by atoms with Crippen molar-refractivity contribution >= 4 is 38.6 Å². The van der Waals surface area contributed by atoms with Gasteiger partial charge in [0.1, 0.15) is 0 Å². The van der Waals surface area contributed by atoms with Crippen molar-refractivity contribution in [3.05, 3.63) is 26.3 Å². The van der Waals surface area contributed by atoms with Gasteiger partial charge in [-0.3, -0.25) is 0 Å².